The van der Waals surface area contributed by atoms with Crippen molar-refractivity contribution in [1.29, 1.82) is 0 Å². The molecule has 0 spiro atoms. The first-order chi connectivity index (χ1) is 12.6. The molecule has 4 nitrogen and oxygen atoms in total. The molecule has 0 aliphatic carbocycles. The van der Waals surface area contributed by atoms with Crippen LogP contribution in [0.5, 0.6) is 0 Å². The van der Waals surface area contributed by atoms with E-state index in [1.165, 1.54) is 11.6 Å². The molecule has 1 aliphatic heterocycles. The number of anilines is 1. The maximum absolute atomic E-state index is 13.3. The smallest absolute Gasteiger partial charge is 0.252 e. The zero-order valence-corrected chi connectivity index (χ0v) is 14.6. The zero-order chi connectivity index (χ0) is 18.5. The van der Waals surface area contributed by atoms with E-state index in [2.05, 4.69) is 15.2 Å². The van der Waals surface area contributed by atoms with Crippen molar-refractivity contribution in [3.8, 4) is 0 Å². The van der Waals surface area contributed by atoms with Crippen LogP contribution in [-0.4, -0.2) is 30.5 Å². The van der Waals surface area contributed by atoms with Gasteiger partial charge in [0.15, 0.2) is 11.6 Å². The minimum Gasteiger partial charge on any atom is -0.356 e. The van der Waals surface area contributed by atoms with E-state index >= 15 is 0 Å². The van der Waals surface area contributed by atoms with Gasteiger partial charge in [0, 0.05) is 25.8 Å². The monoisotopic (exact) mass is 357 g/mol. The molecule has 1 aliphatic rings. The van der Waals surface area contributed by atoms with Crippen LogP contribution in [0.4, 0.5) is 14.6 Å². The fourth-order valence-corrected chi connectivity index (χ4v) is 2.98. The number of nitrogens with zero attached hydrogens (tertiary/aromatic N) is 2. The van der Waals surface area contributed by atoms with Crippen molar-refractivity contribution in [2.24, 2.45) is 0 Å². The third-order valence-electron chi connectivity index (χ3n) is 4.39. The maximum atomic E-state index is 13.3. The molecule has 0 radical (unpaired) electrons. The Kier molecular flexibility index (Phi) is 5.61. The van der Waals surface area contributed by atoms with Crippen LogP contribution in [0.25, 0.3) is 6.08 Å². The van der Waals surface area contributed by atoms with Crippen molar-refractivity contribution >= 4 is 17.8 Å². The van der Waals surface area contributed by atoms with Gasteiger partial charge < -0.3 is 10.2 Å². The predicted octanol–water partition coefficient (Wildman–Crippen LogP) is 3.79. The Labute approximate surface area is 151 Å². The van der Waals surface area contributed by atoms with Crippen LogP contribution in [0.15, 0.2) is 42.1 Å². The van der Waals surface area contributed by atoms with Crippen LogP contribution < -0.4 is 10.2 Å². The second kappa shape index (κ2) is 8.08. The van der Waals surface area contributed by atoms with Gasteiger partial charge in [-0.25, -0.2) is 13.8 Å². The van der Waals surface area contributed by atoms with Gasteiger partial charge in [0.25, 0.3) is 5.91 Å². The summed E-state index contributed by atoms with van der Waals surface area (Å²) in [5, 5.41) is 2.75. The van der Waals surface area contributed by atoms with Gasteiger partial charge in [0.1, 0.15) is 5.82 Å². The van der Waals surface area contributed by atoms with E-state index in [9.17, 15) is 13.6 Å². The molecule has 1 saturated heterocycles. The predicted molar refractivity (Wildman–Crippen MR) is 98.0 cm³/mol. The molecule has 0 unspecified atom stereocenters. The Morgan fingerprint density at radius 3 is 2.58 bits per heavy atom. The molecule has 0 atom stereocenters. The molecular formula is C20H21F2N3O. The topological polar surface area (TPSA) is 45.2 Å². The lowest BCUT2D eigenvalue weighted by Crippen LogP contribution is -2.31. The summed E-state index contributed by atoms with van der Waals surface area (Å²) >= 11 is 0. The van der Waals surface area contributed by atoms with Crippen LogP contribution in [-0.2, 0) is 0 Å². The van der Waals surface area contributed by atoms with Gasteiger partial charge in [-0.1, -0.05) is 17.7 Å². The van der Waals surface area contributed by atoms with Gasteiger partial charge in [-0.15, -0.1) is 0 Å². The fraction of sp³-hybridized carbons (Fsp3) is 0.300. The first-order valence-electron chi connectivity index (χ1n) is 8.70. The number of aromatic nitrogens is 1. The highest BCUT2D eigenvalue weighted by molar-refractivity contribution is 5.94. The van der Waals surface area contributed by atoms with E-state index in [1.807, 2.05) is 19.1 Å². The quantitative estimate of drug-likeness (QED) is 0.905. The highest BCUT2D eigenvalue weighted by Gasteiger charge is 2.16. The first-order valence-corrected chi connectivity index (χ1v) is 8.70. The third kappa shape index (κ3) is 4.25. The molecule has 1 amide bonds. The maximum Gasteiger partial charge on any atom is 0.252 e. The Balaban J connectivity index is 1.62. The van der Waals surface area contributed by atoms with Crippen molar-refractivity contribution in [3.05, 3.63) is 64.9 Å². The number of hydrogen-bond donors (Lipinski definition) is 1. The van der Waals surface area contributed by atoms with E-state index in [1.54, 1.807) is 18.3 Å². The number of piperidine rings is 1. The summed E-state index contributed by atoms with van der Waals surface area (Å²) in [7, 11) is 0. The van der Waals surface area contributed by atoms with Crippen molar-refractivity contribution in [1.82, 2.24) is 10.3 Å². The van der Waals surface area contributed by atoms with Crippen molar-refractivity contribution in [3.63, 3.8) is 0 Å². The number of amides is 1. The molecule has 1 aromatic carbocycles. The normalized spacial score (nSPS) is 14.3. The molecule has 1 N–H and O–H groups in total. The second-order valence-electron chi connectivity index (χ2n) is 6.23. The summed E-state index contributed by atoms with van der Waals surface area (Å²) in [6.45, 7) is 4.05. The fourth-order valence-electron chi connectivity index (χ4n) is 2.98. The SMILES string of the molecule is CCNC(=O)c1ccc(N2CCC(=Cc3ccc(F)c(F)c3)CC2)nc1. The lowest BCUT2D eigenvalue weighted by Gasteiger charge is -2.29. The average molecular weight is 357 g/mol. The molecule has 1 aromatic heterocycles. The minimum absolute atomic E-state index is 0.123. The Hall–Kier alpha value is -2.76. The van der Waals surface area contributed by atoms with E-state index < -0.39 is 11.6 Å². The minimum atomic E-state index is -0.830. The largest absolute Gasteiger partial charge is 0.356 e. The van der Waals surface area contributed by atoms with Gasteiger partial charge in [-0.2, -0.15) is 0 Å². The summed E-state index contributed by atoms with van der Waals surface area (Å²) in [6, 6.07) is 7.58. The number of halogens is 2. The first kappa shape index (κ1) is 18.0. The number of carbonyl (C=O) groups excluding carboxylic acids is 1. The van der Waals surface area contributed by atoms with Crippen LogP contribution in [0.1, 0.15) is 35.7 Å². The van der Waals surface area contributed by atoms with E-state index in [0.717, 1.165) is 37.8 Å². The van der Waals surface area contributed by atoms with Gasteiger partial charge >= 0.3 is 0 Å². The number of nitrogens with one attached hydrogen (secondary N) is 1. The number of pyridine rings is 1. The molecule has 3 rings (SSSR count). The van der Waals surface area contributed by atoms with Gasteiger partial charge in [-0.05, 0) is 49.6 Å². The summed E-state index contributed by atoms with van der Waals surface area (Å²) in [5.74, 6) is -0.941. The van der Waals surface area contributed by atoms with Crippen LogP contribution in [0, 0.1) is 11.6 Å². The number of carbonyl (C=O) groups is 1. The molecule has 136 valence electrons. The van der Waals surface area contributed by atoms with Crippen molar-refractivity contribution < 1.29 is 13.6 Å². The summed E-state index contributed by atoms with van der Waals surface area (Å²) in [6.07, 6.45) is 5.18. The summed E-state index contributed by atoms with van der Waals surface area (Å²) < 4.78 is 26.3. The Bertz CT molecular complexity index is 808. The van der Waals surface area contributed by atoms with Gasteiger partial charge in [0.05, 0.1) is 5.56 Å². The lowest BCUT2D eigenvalue weighted by molar-refractivity contribution is 0.0955. The molecule has 1 fully saturated rings. The van der Waals surface area contributed by atoms with Crippen LogP contribution in [0.3, 0.4) is 0 Å². The lowest BCUT2D eigenvalue weighted by atomic mass is 10.0. The van der Waals surface area contributed by atoms with Crippen LogP contribution >= 0.6 is 0 Å². The van der Waals surface area contributed by atoms with Gasteiger partial charge in [0.2, 0.25) is 0 Å². The van der Waals surface area contributed by atoms with Gasteiger partial charge in [-0.3, -0.25) is 4.79 Å². The Morgan fingerprint density at radius 1 is 1.19 bits per heavy atom. The molecule has 2 heterocycles. The van der Waals surface area contributed by atoms with E-state index in [0.29, 0.717) is 17.7 Å². The average Bonchev–Trinajstić information content (AvgIpc) is 2.66. The molecule has 0 bridgehead atoms. The number of rotatable bonds is 4. The van der Waals surface area contributed by atoms with Crippen LogP contribution in [0.2, 0.25) is 0 Å². The molecular weight excluding hydrogens is 336 g/mol. The highest BCUT2D eigenvalue weighted by Crippen LogP contribution is 2.23. The number of hydrogen-bond acceptors (Lipinski definition) is 3. The van der Waals surface area contributed by atoms with E-state index in [4.69, 9.17) is 0 Å². The highest BCUT2D eigenvalue weighted by atomic mass is 19.2. The molecule has 2 aromatic rings. The third-order valence-corrected chi connectivity index (χ3v) is 4.39. The van der Waals surface area contributed by atoms with E-state index in [-0.39, 0.29) is 5.91 Å². The standard InChI is InChI=1S/C20H21F2N3O/c1-2-23-20(26)16-4-6-19(24-13-16)25-9-7-14(8-10-25)11-15-3-5-17(21)18(22)12-15/h3-6,11-13H,2,7-10H2,1H3,(H,23,26). The van der Waals surface area contributed by atoms with Crippen molar-refractivity contribution in [2.45, 2.75) is 19.8 Å². The number of benzene rings is 1. The molecule has 0 saturated carbocycles. The zero-order valence-electron chi connectivity index (χ0n) is 14.6. The van der Waals surface area contributed by atoms with Crippen molar-refractivity contribution in [2.75, 3.05) is 24.5 Å². The summed E-state index contributed by atoms with van der Waals surface area (Å²) in [5.41, 5.74) is 2.43. The Morgan fingerprint density at radius 2 is 1.96 bits per heavy atom. The second-order valence-corrected chi connectivity index (χ2v) is 6.23. The molecule has 26 heavy (non-hydrogen) atoms. The molecule has 6 heteroatoms. The summed E-state index contributed by atoms with van der Waals surface area (Å²) in [4.78, 5) is 18.3.